The highest BCUT2D eigenvalue weighted by Gasteiger charge is 2.60. The van der Waals surface area contributed by atoms with Crippen molar-refractivity contribution in [3.8, 4) is 0 Å². The second kappa shape index (κ2) is 4.95. The molecule has 1 atom stereocenters. The van der Waals surface area contributed by atoms with Gasteiger partial charge >= 0.3 is 12.4 Å². The monoisotopic (exact) mass is 293 g/mol. The normalized spacial score (nSPS) is 14.8. The largest absolute Gasteiger partial charge is 0.402 e. The average Bonchev–Trinajstić information content (AvgIpc) is 2.17. The van der Waals surface area contributed by atoms with Crippen molar-refractivity contribution in [1.29, 1.82) is 0 Å². The number of nitrogens with two attached hydrogens (primary N) is 1. The Hall–Kier alpha value is -1.38. The van der Waals surface area contributed by atoms with E-state index in [1.807, 2.05) is 0 Å². The first-order chi connectivity index (χ1) is 8.46. The molecule has 1 aromatic rings. The second-order valence-electron chi connectivity index (χ2n) is 3.73. The van der Waals surface area contributed by atoms with Gasteiger partial charge in [0.2, 0.25) is 0 Å². The molecule has 1 rings (SSSR count). The highest BCUT2D eigenvalue weighted by Crippen LogP contribution is 2.45. The fourth-order valence-corrected chi connectivity index (χ4v) is 1.55. The summed E-state index contributed by atoms with van der Waals surface area (Å²) in [4.78, 5) is 0. The number of rotatable bonds is 2. The van der Waals surface area contributed by atoms with Crippen LogP contribution in [0.5, 0.6) is 0 Å². The molecule has 0 saturated carbocycles. The van der Waals surface area contributed by atoms with Gasteiger partial charge in [0, 0.05) is 5.56 Å². The fraction of sp³-hybridized carbons (Fsp3) is 0.400. The molecule has 0 aliphatic heterocycles. The van der Waals surface area contributed by atoms with E-state index in [0.29, 0.717) is 12.1 Å². The average molecular weight is 293 g/mol. The van der Waals surface area contributed by atoms with Crippen molar-refractivity contribution in [2.24, 2.45) is 11.7 Å². The molecule has 0 aromatic heterocycles. The summed E-state index contributed by atoms with van der Waals surface area (Å²) in [6.45, 7) is 0. The van der Waals surface area contributed by atoms with Gasteiger partial charge in [-0.05, 0) is 6.07 Å². The fourth-order valence-electron chi connectivity index (χ4n) is 1.55. The van der Waals surface area contributed by atoms with Crippen molar-refractivity contribution in [2.45, 2.75) is 18.4 Å². The van der Waals surface area contributed by atoms with Crippen LogP contribution in [0.15, 0.2) is 18.2 Å². The molecular weight excluding hydrogens is 286 g/mol. The van der Waals surface area contributed by atoms with E-state index < -0.39 is 41.5 Å². The summed E-state index contributed by atoms with van der Waals surface area (Å²) in [6, 6.07) is -0.872. The summed E-state index contributed by atoms with van der Waals surface area (Å²) >= 11 is 0. The second-order valence-corrected chi connectivity index (χ2v) is 3.73. The summed E-state index contributed by atoms with van der Waals surface area (Å²) in [5, 5.41) is 0. The highest BCUT2D eigenvalue weighted by atomic mass is 19.4. The minimum Gasteiger partial charge on any atom is -0.323 e. The lowest BCUT2D eigenvalue weighted by atomic mass is 9.92. The molecule has 9 heteroatoms. The molecule has 0 spiro atoms. The Morgan fingerprint density at radius 1 is 0.895 bits per heavy atom. The van der Waals surface area contributed by atoms with Crippen molar-refractivity contribution < 1.29 is 35.1 Å². The van der Waals surface area contributed by atoms with Gasteiger partial charge in [0.15, 0.2) is 17.6 Å². The van der Waals surface area contributed by atoms with E-state index in [1.54, 1.807) is 0 Å². The third-order valence-electron chi connectivity index (χ3n) is 2.40. The van der Waals surface area contributed by atoms with Gasteiger partial charge in [0.25, 0.3) is 0 Å². The third kappa shape index (κ3) is 3.34. The molecule has 0 aliphatic rings. The zero-order chi connectivity index (χ0) is 15.0. The smallest absolute Gasteiger partial charge is 0.323 e. The lowest BCUT2D eigenvalue weighted by Gasteiger charge is -2.28. The Bertz CT molecular complexity index is 436. The van der Waals surface area contributed by atoms with Gasteiger partial charge in [0.1, 0.15) is 0 Å². The van der Waals surface area contributed by atoms with Gasteiger partial charge < -0.3 is 5.73 Å². The molecular formula is C10H7F8N. The zero-order valence-electron chi connectivity index (χ0n) is 8.99. The molecule has 1 aromatic carbocycles. The van der Waals surface area contributed by atoms with Crippen molar-refractivity contribution in [1.82, 2.24) is 0 Å². The molecule has 108 valence electrons. The maximum Gasteiger partial charge on any atom is 0.402 e. The number of hydrogen-bond acceptors (Lipinski definition) is 1. The zero-order valence-corrected chi connectivity index (χ0v) is 8.99. The minimum absolute atomic E-state index is 0.557. The lowest BCUT2D eigenvalue weighted by Crippen LogP contribution is -2.44. The summed E-state index contributed by atoms with van der Waals surface area (Å²) in [5.41, 5.74) is 3.65. The maximum atomic E-state index is 13.2. The van der Waals surface area contributed by atoms with E-state index in [0.717, 1.165) is 6.07 Å². The van der Waals surface area contributed by atoms with Crippen LogP contribution >= 0.6 is 0 Å². The van der Waals surface area contributed by atoms with Gasteiger partial charge in [-0.2, -0.15) is 26.3 Å². The van der Waals surface area contributed by atoms with Crippen LogP contribution in [0.1, 0.15) is 11.6 Å². The number of alkyl halides is 6. The van der Waals surface area contributed by atoms with Crippen LogP contribution in [0.25, 0.3) is 0 Å². The standard InChI is InChI=1S/C10H7F8N/c11-5-3-1-2-4(6(5)12)7(19)8(9(13,14)15)10(16,17)18/h1-3,7-8H,19H2. The predicted octanol–water partition coefficient (Wildman–Crippen LogP) is 3.71. The predicted molar refractivity (Wildman–Crippen MR) is 48.9 cm³/mol. The molecule has 0 fully saturated rings. The Morgan fingerprint density at radius 2 is 1.37 bits per heavy atom. The number of benzene rings is 1. The molecule has 0 saturated heterocycles. The van der Waals surface area contributed by atoms with Gasteiger partial charge in [0.05, 0.1) is 6.04 Å². The lowest BCUT2D eigenvalue weighted by molar-refractivity contribution is -0.290. The first kappa shape index (κ1) is 15.7. The SMILES string of the molecule is NC(c1cccc(F)c1F)C(C(F)(F)F)C(F)(F)F. The first-order valence-corrected chi connectivity index (χ1v) is 4.79. The van der Waals surface area contributed by atoms with E-state index in [-0.39, 0.29) is 0 Å². The molecule has 0 radical (unpaired) electrons. The topological polar surface area (TPSA) is 26.0 Å². The van der Waals surface area contributed by atoms with Crippen molar-refractivity contribution in [3.63, 3.8) is 0 Å². The third-order valence-corrected chi connectivity index (χ3v) is 2.40. The summed E-state index contributed by atoms with van der Waals surface area (Å²) in [5.74, 6) is -7.37. The van der Waals surface area contributed by atoms with Crippen LogP contribution in [0, 0.1) is 17.6 Å². The number of hydrogen-bond donors (Lipinski definition) is 1. The van der Waals surface area contributed by atoms with Crippen molar-refractivity contribution >= 4 is 0 Å². The molecule has 1 unspecified atom stereocenters. The van der Waals surface area contributed by atoms with Crippen LogP contribution in [0.4, 0.5) is 35.1 Å². The van der Waals surface area contributed by atoms with E-state index in [9.17, 15) is 35.1 Å². The van der Waals surface area contributed by atoms with Crippen molar-refractivity contribution in [3.05, 3.63) is 35.4 Å². The van der Waals surface area contributed by atoms with Gasteiger partial charge in [-0.15, -0.1) is 0 Å². The van der Waals surface area contributed by atoms with Crippen LogP contribution in [0.3, 0.4) is 0 Å². The van der Waals surface area contributed by atoms with Gasteiger partial charge in [-0.3, -0.25) is 0 Å². The molecule has 2 N–H and O–H groups in total. The van der Waals surface area contributed by atoms with Gasteiger partial charge in [-0.25, -0.2) is 8.78 Å². The molecule has 1 nitrogen and oxygen atoms in total. The van der Waals surface area contributed by atoms with E-state index in [4.69, 9.17) is 5.73 Å². The molecule has 19 heavy (non-hydrogen) atoms. The van der Waals surface area contributed by atoms with Crippen molar-refractivity contribution in [2.75, 3.05) is 0 Å². The van der Waals surface area contributed by atoms with Crippen LogP contribution < -0.4 is 5.73 Å². The maximum absolute atomic E-state index is 13.2. The quantitative estimate of drug-likeness (QED) is 0.827. The first-order valence-electron chi connectivity index (χ1n) is 4.79. The molecule has 0 aliphatic carbocycles. The van der Waals surface area contributed by atoms with E-state index in [2.05, 4.69) is 0 Å². The van der Waals surface area contributed by atoms with Crippen LogP contribution in [0.2, 0.25) is 0 Å². The molecule has 0 bridgehead atoms. The van der Waals surface area contributed by atoms with Crippen LogP contribution in [-0.2, 0) is 0 Å². The minimum atomic E-state index is -5.73. The molecule has 0 amide bonds. The van der Waals surface area contributed by atoms with E-state index in [1.165, 1.54) is 0 Å². The Kier molecular flexibility index (Phi) is 4.08. The van der Waals surface area contributed by atoms with E-state index >= 15 is 0 Å². The Morgan fingerprint density at radius 3 is 1.79 bits per heavy atom. The summed E-state index contributed by atoms with van der Waals surface area (Å²) in [6.07, 6.45) is -11.5. The molecule has 0 heterocycles. The highest BCUT2D eigenvalue weighted by molar-refractivity contribution is 5.23. The van der Waals surface area contributed by atoms with Crippen LogP contribution in [-0.4, -0.2) is 12.4 Å². The summed E-state index contributed by atoms with van der Waals surface area (Å²) in [7, 11) is 0. The van der Waals surface area contributed by atoms with Gasteiger partial charge in [-0.1, -0.05) is 12.1 Å². The Labute approximate surface area is 102 Å². The summed E-state index contributed by atoms with van der Waals surface area (Å²) < 4.78 is 100. The number of halogens is 8. The Balaban J connectivity index is 3.28.